The van der Waals surface area contributed by atoms with Crippen LogP contribution < -0.4 is 10.9 Å². The van der Waals surface area contributed by atoms with E-state index in [0.29, 0.717) is 34.0 Å². The molecule has 0 saturated heterocycles. The molecule has 2 aromatic heterocycles. The van der Waals surface area contributed by atoms with Crippen molar-refractivity contribution in [1.29, 1.82) is 0 Å². The Labute approximate surface area is 175 Å². The molecule has 10 heteroatoms. The summed E-state index contributed by atoms with van der Waals surface area (Å²) < 4.78 is 1.45. The first-order chi connectivity index (χ1) is 14.9. The fourth-order valence-electron chi connectivity index (χ4n) is 2.97. The van der Waals surface area contributed by atoms with E-state index in [-0.39, 0.29) is 17.2 Å². The highest BCUT2D eigenvalue weighted by molar-refractivity contribution is 6.04. The standard InChI is InChI=1S/C21H16N6O4/c1-13-9-19(28)25-20(23-13)14-3-2-4-16(10-14)24-21(29)15-11-22-26(12-15)17-5-7-18(8-6-17)27(30)31/h2-12H,1H3,(H,24,29)(H,23,25,28). The van der Waals surface area contributed by atoms with E-state index >= 15 is 0 Å². The van der Waals surface area contributed by atoms with Crippen molar-refractivity contribution in [2.45, 2.75) is 6.92 Å². The molecule has 2 aromatic carbocycles. The highest BCUT2D eigenvalue weighted by atomic mass is 16.6. The zero-order chi connectivity index (χ0) is 22.0. The number of non-ortho nitro benzene ring substituents is 1. The van der Waals surface area contributed by atoms with Gasteiger partial charge in [-0.3, -0.25) is 19.7 Å². The minimum atomic E-state index is -0.484. The Balaban J connectivity index is 1.53. The highest BCUT2D eigenvalue weighted by Gasteiger charge is 2.12. The molecule has 4 rings (SSSR count). The lowest BCUT2D eigenvalue weighted by atomic mass is 10.1. The number of nitro groups is 1. The van der Waals surface area contributed by atoms with Gasteiger partial charge in [-0.05, 0) is 31.2 Å². The molecule has 0 unspecified atom stereocenters. The molecule has 154 valence electrons. The monoisotopic (exact) mass is 416 g/mol. The molecule has 0 aliphatic rings. The molecule has 0 spiro atoms. The summed E-state index contributed by atoms with van der Waals surface area (Å²) in [6, 6.07) is 14.2. The van der Waals surface area contributed by atoms with E-state index in [0.717, 1.165) is 0 Å². The number of carbonyl (C=O) groups is 1. The second-order valence-electron chi connectivity index (χ2n) is 6.72. The van der Waals surface area contributed by atoms with Crippen LogP contribution in [0.5, 0.6) is 0 Å². The van der Waals surface area contributed by atoms with Gasteiger partial charge in [0.2, 0.25) is 0 Å². The van der Waals surface area contributed by atoms with Crippen LogP contribution in [0.25, 0.3) is 17.1 Å². The van der Waals surface area contributed by atoms with Crippen molar-refractivity contribution in [1.82, 2.24) is 19.7 Å². The molecule has 10 nitrogen and oxygen atoms in total. The second-order valence-corrected chi connectivity index (χ2v) is 6.72. The van der Waals surface area contributed by atoms with Gasteiger partial charge in [0, 0.05) is 41.3 Å². The minimum absolute atomic E-state index is 0.0294. The molecule has 0 saturated carbocycles. The molecule has 31 heavy (non-hydrogen) atoms. The molecule has 0 bridgehead atoms. The lowest BCUT2D eigenvalue weighted by Crippen LogP contribution is -2.11. The lowest BCUT2D eigenvalue weighted by molar-refractivity contribution is -0.384. The number of hydrogen-bond donors (Lipinski definition) is 2. The topological polar surface area (TPSA) is 136 Å². The van der Waals surface area contributed by atoms with Crippen molar-refractivity contribution in [3.63, 3.8) is 0 Å². The highest BCUT2D eigenvalue weighted by Crippen LogP contribution is 2.20. The summed E-state index contributed by atoms with van der Waals surface area (Å²) in [6.07, 6.45) is 2.93. The Morgan fingerprint density at radius 1 is 1.16 bits per heavy atom. The van der Waals surface area contributed by atoms with E-state index < -0.39 is 4.92 Å². The summed E-state index contributed by atoms with van der Waals surface area (Å²) in [6.45, 7) is 1.73. The van der Waals surface area contributed by atoms with E-state index in [4.69, 9.17) is 0 Å². The lowest BCUT2D eigenvalue weighted by Gasteiger charge is -2.07. The molecule has 0 fully saturated rings. The van der Waals surface area contributed by atoms with Crippen LogP contribution in [0.4, 0.5) is 11.4 Å². The van der Waals surface area contributed by atoms with Crippen LogP contribution >= 0.6 is 0 Å². The van der Waals surface area contributed by atoms with Crippen LogP contribution in [0.15, 0.2) is 71.8 Å². The van der Waals surface area contributed by atoms with Crippen LogP contribution in [0.2, 0.25) is 0 Å². The SMILES string of the molecule is Cc1cc(=O)[nH]c(-c2cccc(NC(=O)c3cnn(-c4ccc([N+](=O)[O-])cc4)c3)c2)n1. The molecule has 0 atom stereocenters. The molecular formula is C21H16N6O4. The number of benzene rings is 2. The third-order valence-corrected chi connectivity index (χ3v) is 4.43. The maximum Gasteiger partial charge on any atom is 0.269 e. The van der Waals surface area contributed by atoms with Crippen LogP contribution in [0, 0.1) is 17.0 Å². The van der Waals surface area contributed by atoms with Crippen molar-refractivity contribution >= 4 is 17.3 Å². The third-order valence-electron chi connectivity index (χ3n) is 4.43. The molecule has 2 heterocycles. The number of amides is 1. The van der Waals surface area contributed by atoms with Gasteiger partial charge in [0.1, 0.15) is 5.82 Å². The zero-order valence-electron chi connectivity index (χ0n) is 16.3. The molecule has 4 aromatic rings. The summed E-state index contributed by atoms with van der Waals surface area (Å²) in [5.41, 5.74) is 2.38. The van der Waals surface area contributed by atoms with Gasteiger partial charge >= 0.3 is 0 Å². The number of nitrogens with zero attached hydrogens (tertiary/aromatic N) is 4. The number of carbonyl (C=O) groups excluding carboxylic acids is 1. The summed E-state index contributed by atoms with van der Waals surface area (Å²) in [5, 5.41) is 17.7. The predicted molar refractivity (Wildman–Crippen MR) is 113 cm³/mol. The Hall–Kier alpha value is -4.60. The maximum absolute atomic E-state index is 12.6. The number of aromatic amines is 1. The molecule has 2 N–H and O–H groups in total. The average molecular weight is 416 g/mol. The first-order valence-electron chi connectivity index (χ1n) is 9.18. The van der Waals surface area contributed by atoms with Crippen molar-refractivity contribution in [3.8, 4) is 17.1 Å². The Bertz CT molecular complexity index is 1340. The van der Waals surface area contributed by atoms with Gasteiger partial charge in [-0.15, -0.1) is 0 Å². The number of anilines is 1. The number of hydrogen-bond acceptors (Lipinski definition) is 6. The predicted octanol–water partition coefficient (Wildman–Crippen LogP) is 3.09. The average Bonchev–Trinajstić information content (AvgIpc) is 3.24. The zero-order valence-corrected chi connectivity index (χ0v) is 16.3. The quantitative estimate of drug-likeness (QED) is 0.379. The van der Waals surface area contributed by atoms with Crippen LogP contribution in [-0.2, 0) is 0 Å². The van der Waals surface area contributed by atoms with Crippen molar-refractivity contribution in [2.75, 3.05) is 5.32 Å². The van der Waals surface area contributed by atoms with Gasteiger partial charge in [0.15, 0.2) is 0 Å². The van der Waals surface area contributed by atoms with E-state index in [1.54, 1.807) is 43.3 Å². The van der Waals surface area contributed by atoms with E-state index in [9.17, 15) is 19.7 Å². The first-order valence-corrected chi connectivity index (χ1v) is 9.18. The molecule has 1 amide bonds. The van der Waals surface area contributed by atoms with Gasteiger partial charge < -0.3 is 10.3 Å². The van der Waals surface area contributed by atoms with Crippen LogP contribution in [0.3, 0.4) is 0 Å². The summed E-state index contributed by atoms with van der Waals surface area (Å²) in [4.78, 5) is 41.6. The van der Waals surface area contributed by atoms with E-state index in [2.05, 4.69) is 20.4 Å². The number of rotatable bonds is 5. The number of nitro benzene ring substituents is 1. The van der Waals surface area contributed by atoms with Crippen molar-refractivity contribution in [3.05, 3.63) is 98.7 Å². The number of nitrogens with one attached hydrogen (secondary N) is 2. The smallest absolute Gasteiger partial charge is 0.269 e. The minimum Gasteiger partial charge on any atom is -0.322 e. The van der Waals surface area contributed by atoms with E-state index in [1.807, 2.05) is 0 Å². The maximum atomic E-state index is 12.6. The molecule has 0 radical (unpaired) electrons. The fourth-order valence-corrected chi connectivity index (χ4v) is 2.97. The van der Waals surface area contributed by atoms with Gasteiger partial charge in [-0.2, -0.15) is 5.10 Å². The Morgan fingerprint density at radius 2 is 1.94 bits per heavy atom. The summed E-state index contributed by atoms with van der Waals surface area (Å²) in [5.74, 6) is 0.0306. The third kappa shape index (κ3) is 4.37. The molecule has 0 aliphatic carbocycles. The largest absolute Gasteiger partial charge is 0.322 e. The first kappa shape index (κ1) is 19.7. The van der Waals surface area contributed by atoms with Crippen LogP contribution in [0.1, 0.15) is 16.1 Å². The number of aromatic nitrogens is 4. The van der Waals surface area contributed by atoms with Gasteiger partial charge in [-0.25, -0.2) is 9.67 Å². The Morgan fingerprint density at radius 3 is 2.65 bits per heavy atom. The van der Waals surface area contributed by atoms with Gasteiger partial charge in [0.05, 0.1) is 22.4 Å². The van der Waals surface area contributed by atoms with E-state index in [1.165, 1.54) is 35.3 Å². The van der Waals surface area contributed by atoms with Crippen molar-refractivity contribution in [2.24, 2.45) is 0 Å². The van der Waals surface area contributed by atoms with Crippen LogP contribution in [-0.4, -0.2) is 30.6 Å². The number of H-pyrrole nitrogens is 1. The number of aryl methyl sites for hydroxylation is 1. The second kappa shape index (κ2) is 8.03. The van der Waals surface area contributed by atoms with Crippen molar-refractivity contribution < 1.29 is 9.72 Å². The Kier molecular flexibility index (Phi) is 5.10. The van der Waals surface area contributed by atoms with Gasteiger partial charge in [-0.1, -0.05) is 12.1 Å². The summed E-state index contributed by atoms with van der Waals surface area (Å²) >= 11 is 0. The normalized spacial score (nSPS) is 10.6. The molecule has 0 aliphatic heterocycles. The van der Waals surface area contributed by atoms with Gasteiger partial charge in [0.25, 0.3) is 17.2 Å². The summed E-state index contributed by atoms with van der Waals surface area (Å²) in [7, 11) is 0. The fraction of sp³-hybridized carbons (Fsp3) is 0.0476. The molecular weight excluding hydrogens is 400 g/mol.